The number of aliphatic hydroxyl groups excluding tert-OH is 1. The largest absolute Gasteiger partial charge is 0.506 e. The molecule has 0 saturated carbocycles. The number of aliphatic hydroxyl groups is 1. The van der Waals surface area contributed by atoms with Gasteiger partial charge in [-0.2, -0.15) is 0 Å². The number of hydrogen-bond acceptors (Lipinski definition) is 4. The van der Waals surface area contributed by atoms with E-state index in [9.17, 15) is 9.90 Å². The van der Waals surface area contributed by atoms with Gasteiger partial charge < -0.3 is 20.8 Å². The minimum absolute atomic E-state index is 0.0295. The monoisotopic (exact) mass is 278 g/mol. The van der Waals surface area contributed by atoms with Crippen LogP contribution in [0.15, 0.2) is 12.1 Å². The Morgan fingerprint density at radius 3 is 2.85 bits per heavy atom. The molecule has 0 atom stereocenters. The summed E-state index contributed by atoms with van der Waals surface area (Å²) in [7, 11) is 0. The van der Waals surface area contributed by atoms with E-state index < -0.39 is 0 Å². The van der Waals surface area contributed by atoms with Crippen molar-refractivity contribution in [3.8, 4) is 5.75 Å². The number of aromatic hydroxyl groups is 1. The zero-order valence-electron chi connectivity index (χ0n) is 11.6. The van der Waals surface area contributed by atoms with E-state index in [0.29, 0.717) is 25.1 Å². The van der Waals surface area contributed by atoms with Gasteiger partial charge in [0.15, 0.2) is 0 Å². The second kappa shape index (κ2) is 7.26. The summed E-state index contributed by atoms with van der Waals surface area (Å²) in [6, 6.07) is 3.61. The molecule has 1 aliphatic rings. The van der Waals surface area contributed by atoms with Crippen molar-refractivity contribution in [2.24, 2.45) is 0 Å². The van der Waals surface area contributed by atoms with Gasteiger partial charge in [-0.3, -0.25) is 4.79 Å². The number of hydrogen-bond donors (Lipinski definition) is 4. The summed E-state index contributed by atoms with van der Waals surface area (Å²) in [5.74, 6) is 0.125. The van der Waals surface area contributed by atoms with E-state index in [1.807, 2.05) is 6.07 Å². The zero-order valence-corrected chi connectivity index (χ0v) is 11.6. The van der Waals surface area contributed by atoms with Gasteiger partial charge >= 0.3 is 0 Å². The van der Waals surface area contributed by atoms with Gasteiger partial charge in [-0.25, -0.2) is 0 Å². The molecule has 1 amide bonds. The van der Waals surface area contributed by atoms with Gasteiger partial charge in [-0.05, 0) is 49.4 Å². The minimum atomic E-state index is -0.0295. The van der Waals surface area contributed by atoms with Gasteiger partial charge in [-0.15, -0.1) is 0 Å². The number of unbranched alkanes of at least 4 members (excludes halogenated alkanes) is 1. The van der Waals surface area contributed by atoms with Gasteiger partial charge in [0.25, 0.3) is 0 Å². The molecule has 0 unspecified atom stereocenters. The van der Waals surface area contributed by atoms with Gasteiger partial charge in [-0.1, -0.05) is 6.07 Å². The number of carbonyl (C=O) groups excluding carboxylic acids is 1. The Labute approximate surface area is 119 Å². The van der Waals surface area contributed by atoms with Crippen LogP contribution in [0.1, 0.15) is 30.4 Å². The molecule has 5 nitrogen and oxygen atoms in total. The van der Waals surface area contributed by atoms with Gasteiger partial charge in [0.1, 0.15) is 5.75 Å². The Hall–Kier alpha value is -1.59. The van der Waals surface area contributed by atoms with Gasteiger partial charge in [0.05, 0.1) is 12.3 Å². The molecule has 110 valence electrons. The number of anilines is 1. The number of amides is 1. The maximum absolute atomic E-state index is 11.4. The molecule has 1 heterocycles. The number of phenols is 1. The van der Waals surface area contributed by atoms with Crippen LogP contribution in [-0.2, 0) is 17.6 Å². The van der Waals surface area contributed by atoms with Crippen molar-refractivity contribution in [3.63, 3.8) is 0 Å². The number of aryl methyl sites for hydroxylation is 1. The van der Waals surface area contributed by atoms with E-state index in [-0.39, 0.29) is 18.3 Å². The zero-order chi connectivity index (χ0) is 14.4. The highest BCUT2D eigenvalue weighted by molar-refractivity contribution is 5.95. The van der Waals surface area contributed by atoms with E-state index >= 15 is 0 Å². The summed E-state index contributed by atoms with van der Waals surface area (Å²) < 4.78 is 0. The quantitative estimate of drug-likeness (QED) is 0.446. The Kier molecular flexibility index (Phi) is 5.38. The highest BCUT2D eigenvalue weighted by Crippen LogP contribution is 2.34. The number of benzene rings is 1. The highest BCUT2D eigenvalue weighted by Gasteiger charge is 2.20. The van der Waals surface area contributed by atoms with Crippen LogP contribution in [0.5, 0.6) is 5.75 Å². The Morgan fingerprint density at radius 1 is 1.20 bits per heavy atom. The lowest BCUT2D eigenvalue weighted by molar-refractivity contribution is -0.116. The molecular weight excluding hydrogens is 256 g/mol. The number of fused-ring (bicyclic) bond motifs is 1. The third-order valence-corrected chi connectivity index (χ3v) is 3.59. The van der Waals surface area contributed by atoms with Crippen molar-refractivity contribution >= 4 is 11.6 Å². The smallest absolute Gasteiger partial charge is 0.224 e. The molecule has 0 saturated heterocycles. The van der Waals surface area contributed by atoms with Crippen LogP contribution in [-0.4, -0.2) is 35.8 Å². The van der Waals surface area contributed by atoms with E-state index in [1.165, 1.54) is 5.56 Å². The number of nitrogens with one attached hydrogen (secondary N) is 2. The fourth-order valence-electron chi connectivity index (χ4n) is 2.55. The second-order valence-corrected chi connectivity index (χ2v) is 5.08. The summed E-state index contributed by atoms with van der Waals surface area (Å²) in [4.78, 5) is 11.4. The van der Waals surface area contributed by atoms with E-state index in [1.54, 1.807) is 6.07 Å². The third-order valence-electron chi connectivity index (χ3n) is 3.59. The summed E-state index contributed by atoms with van der Waals surface area (Å²) in [5.41, 5.74) is 2.88. The normalized spacial score (nSPS) is 13.9. The minimum Gasteiger partial charge on any atom is -0.506 e. The summed E-state index contributed by atoms with van der Waals surface area (Å²) >= 11 is 0. The Balaban J connectivity index is 1.92. The van der Waals surface area contributed by atoms with E-state index in [0.717, 1.165) is 31.4 Å². The van der Waals surface area contributed by atoms with Crippen LogP contribution in [0.4, 0.5) is 5.69 Å². The van der Waals surface area contributed by atoms with Gasteiger partial charge in [0, 0.05) is 13.0 Å². The lowest BCUT2D eigenvalue weighted by atomic mass is 9.93. The van der Waals surface area contributed by atoms with Crippen molar-refractivity contribution in [2.45, 2.75) is 32.1 Å². The standard InChI is InChI=1S/C15H22N2O3/c18-10-9-16-8-2-1-3-11-4-6-13(19)15-12(11)5-7-14(20)17-15/h4,6,16,18-19H,1-3,5,7-10H2,(H,17,20). The highest BCUT2D eigenvalue weighted by atomic mass is 16.3. The molecule has 0 radical (unpaired) electrons. The molecule has 2 rings (SSSR count). The molecule has 1 aromatic rings. The summed E-state index contributed by atoms with van der Waals surface area (Å²) in [5, 5.41) is 24.4. The lowest BCUT2D eigenvalue weighted by Crippen LogP contribution is -2.21. The Morgan fingerprint density at radius 2 is 2.05 bits per heavy atom. The summed E-state index contributed by atoms with van der Waals surface area (Å²) in [6.45, 7) is 1.71. The molecule has 20 heavy (non-hydrogen) atoms. The molecule has 0 aliphatic carbocycles. The van der Waals surface area contributed by atoms with Crippen LogP contribution in [0.2, 0.25) is 0 Å². The number of rotatable bonds is 7. The van der Waals surface area contributed by atoms with E-state index in [2.05, 4.69) is 10.6 Å². The predicted octanol–water partition coefficient (Wildman–Crippen LogP) is 1.18. The van der Waals surface area contributed by atoms with E-state index in [4.69, 9.17) is 5.11 Å². The predicted molar refractivity (Wildman–Crippen MR) is 78.0 cm³/mol. The van der Waals surface area contributed by atoms with Crippen LogP contribution in [0.3, 0.4) is 0 Å². The average molecular weight is 278 g/mol. The maximum atomic E-state index is 11.4. The number of phenolic OH excluding ortho intramolecular Hbond substituents is 1. The third kappa shape index (κ3) is 3.71. The molecule has 4 N–H and O–H groups in total. The van der Waals surface area contributed by atoms with Crippen LogP contribution < -0.4 is 10.6 Å². The first-order chi connectivity index (χ1) is 9.72. The molecular formula is C15H22N2O3. The van der Waals surface area contributed by atoms with Crippen LogP contribution in [0.25, 0.3) is 0 Å². The molecule has 0 fully saturated rings. The van der Waals surface area contributed by atoms with Crippen molar-refractivity contribution in [1.29, 1.82) is 0 Å². The molecule has 1 aromatic carbocycles. The first kappa shape index (κ1) is 14.8. The fourth-order valence-corrected chi connectivity index (χ4v) is 2.55. The summed E-state index contributed by atoms with van der Waals surface area (Å²) in [6.07, 6.45) is 4.22. The molecule has 1 aliphatic heterocycles. The van der Waals surface area contributed by atoms with Crippen molar-refractivity contribution in [1.82, 2.24) is 5.32 Å². The lowest BCUT2D eigenvalue weighted by Gasteiger charge is -2.21. The first-order valence-corrected chi connectivity index (χ1v) is 7.17. The SMILES string of the molecule is O=C1CCc2c(CCCCNCCO)ccc(O)c2N1. The maximum Gasteiger partial charge on any atom is 0.224 e. The van der Waals surface area contributed by atoms with Gasteiger partial charge in [0.2, 0.25) is 5.91 Å². The van der Waals surface area contributed by atoms with Crippen molar-refractivity contribution < 1.29 is 15.0 Å². The second-order valence-electron chi connectivity index (χ2n) is 5.08. The topological polar surface area (TPSA) is 81.6 Å². The fraction of sp³-hybridized carbons (Fsp3) is 0.533. The average Bonchev–Trinajstić information content (AvgIpc) is 2.45. The number of carbonyl (C=O) groups is 1. The van der Waals surface area contributed by atoms with Crippen molar-refractivity contribution in [3.05, 3.63) is 23.3 Å². The van der Waals surface area contributed by atoms with Crippen LogP contribution in [0, 0.1) is 0 Å². The molecule has 0 bridgehead atoms. The molecule has 0 spiro atoms. The Bertz CT molecular complexity index is 474. The molecule has 0 aromatic heterocycles. The molecule has 5 heteroatoms. The first-order valence-electron chi connectivity index (χ1n) is 7.17. The van der Waals surface area contributed by atoms with Crippen LogP contribution >= 0.6 is 0 Å². The van der Waals surface area contributed by atoms with Crippen molar-refractivity contribution in [2.75, 3.05) is 25.0 Å².